The van der Waals surface area contributed by atoms with E-state index in [4.69, 9.17) is 5.73 Å². The minimum atomic E-state index is -0.259. The lowest BCUT2D eigenvalue weighted by molar-refractivity contribution is 0.199. The van der Waals surface area contributed by atoms with Crippen molar-refractivity contribution in [1.29, 1.82) is 0 Å². The predicted molar refractivity (Wildman–Crippen MR) is 77.4 cm³/mol. The molecule has 0 aromatic heterocycles. The quantitative estimate of drug-likeness (QED) is 0.852. The maximum atomic E-state index is 13.6. The molecule has 100 valence electrons. The minimum absolute atomic E-state index is 0.259. The number of halogens is 2. The van der Waals surface area contributed by atoms with Crippen LogP contribution in [0.3, 0.4) is 0 Å². The minimum Gasteiger partial charge on any atom is -0.397 e. The normalized spacial score (nSPS) is 21.3. The van der Waals surface area contributed by atoms with Gasteiger partial charge in [-0.25, -0.2) is 4.39 Å². The van der Waals surface area contributed by atoms with Gasteiger partial charge >= 0.3 is 0 Å². The SMILES string of the molecule is CCN1CCN(c2cc(F)c(Br)cc2N)CC1C. The molecule has 0 saturated carbocycles. The number of likely N-dealkylation sites (N-methyl/N-ethyl adjacent to an activating group) is 1. The number of hydrogen-bond donors (Lipinski definition) is 1. The Balaban J connectivity index is 2.20. The number of anilines is 2. The monoisotopic (exact) mass is 315 g/mol. The Morgan fingerprint density at radius 3 is 2.78 bits per heavy atom. The molecule has 0 amide bonds. The van der Waals surface area contributed by atoms with Crippen LogP contribution in [0.15, 0.2) is 16.6 Å². The average Bonchev–Trinajstić information content (AvgIpc) is 2.33. The Hall–Kier alpha value is -0.810. The standard InChI is InChI=1S/C13H19BrFN3/c1-3-17-4-5-18(8-9(17)2)13-7-11(15)10(14)6-12(13)16/h6-7,9H,3-5,8,16H2,1-2H3. The highest BCUT2D eigenvalue weighted by Gasteiger charge is 2.24. The summed E-state index contributed by atoms with van der Waals surface area (Å²) >= 11 is 3.16. The van der Waals surface area contributed by atoms with Crippen LogP contribution in [0.5, 0.6) is 0 Å². The first-order valence-corrected chi connectivity index (χ1v) is 7.05. The van der Waals surface area contributed by atoms with Crippen molar-refractivity contribution in [1.82, 2.24) is 4.90 Å². The van der Waals surface area contributed by atoms with E-state index >= 15 is 0 Å². The molecule has 1 aromatic carbocycles. The first-order chi connectivity index (χ1) is 8.52. The van der Waals surface area contributed by atoms with Crippen molar-refractivity contribution in [2.24, 2.45) is 0 Å². The molecule has 1 atom stereocenters. The molecule has 1 aliphatic rings. The van der Waals surface area contributed by atoms with Gasteiger partial charge in [-0.2, -0.15) is 0 Å². The molecule has 1 saturated heterocycles. The lowest BCUT2D eigenvalue weighted by Crippen LogP contribution is -2.51. The summed E-state index contributed by atoms with van der Waals surface area (Å²) in [6, 6.07) is 3.63. The van der Waals surface area contributed by atoms with E-state index in [1.807, 2.05) is 0 Å². The maximum absolute atomic E-state index is 13.6. The second-order valence-electron chi connectivity index (χ2n) is 4.75. The number of nitrogens with zero attached hydrogens (tertiary/aromatic N) is 2. The third-order valence-electron chi connectivity index (χ3n) is 3.58. The molecule has 5 heteroatoms. The fourth-order valence-electron chi connectivity index (χ4n) is 2.51. The van der Waals surface area contributed by atoms with Gasteiger partial charge in [0.25, 0.3) is 0 Å². The predicted octanol–water partition coefficient (Wildman–Crippen LogP) is 2.70. The van der Waals surface area contributed by atoms with Gasteiger partial charge in [-0.1, -0.05) is 6.92 Å². The van der Waals surface area contributed by atoms with E-state index in [0.29, 0.717) is 16.2 Å². The van der Waals surface area contributed by atoms with Gasteiger partial charge in [-0.05, 0) is 35.5 Å². The van der Waals surface area contributed by atoms with Gasteiger partial charge < -0.3 is 10.6 Å². The lowest BCUT2D eigenvalue weighted by atomic mass is 10.1. The van der Waals surface area contributed by atoms with Gasteiger partial charge in [-0.15, -0.1) is 0 Å². The second kappa shape index (κ2) is 5.45. The van der Waals surface area contributed by atoms with E-state index in [-0.39, 0.29) is 5.82 Å². The van der Waals surface area contributed by atoms with Crippen molar-refractivity contribution in [2.75, 3.05) is 36.8 Å². The molecule has 0 aliphatic carbocycles. The van der Waals surface area contributed by atoms with Crippen LogP contribution < -0.4 is 10.6 Å². The fraction of sp³-hybridized carbons (Fsp3) is 0.538. The smallest absolute Gasteiger partial charge is 0.139 e. The van der Waals surface area contributed by atoms with Crippen LogP contribution in [0, 0.1) is 5.82 Å². The zero-order valence-corrected chi connectivity index (χ0v) is 12.4. The Morgan fingerprint density at radius 2 is 2.17 bits per heavy atom. The third-order valence-corrected chi connectivity index (χ3v) is 4.19. The number of nitrogen functional groups attached to an aromatic ring is 1. The first kappa shape index (κ1) is 13.6. The highest BCUT2D eigenvalue weighted by molar-refractivity contribution is 9.10. The van der Waals surface area contributed by atoms with E-state index < -0.39 is 0 Å². The largest absolute Gasteiger partial charge is 0.397 e. The van der Waals surface area contributed by atoms with E-state index in [0.717, 1.165) is 31.9 Å². The van der Waals surface area contributed by atoms with Crippen molar-refractivity contribution in [3.05, 3.63) is 22.4 Å². The molecule has 1 heterocycles. The van der Waals surface area contributed by atoms with Gasteiger partial charge in [-0.3, -0.25) is 4.90 Å². The number of nitrogens with two attached hydrogens (primary N) is 1. The van der Waals surface area contributed by atoms with Crippen molar-refractivity contribution in [3.8, 4) is 0 Å². The van der Waals surface area contributed by atoms with Gasteiger partial charge in [0.05, 0.1) is 15.8 Å². The summed E-state index contributed by atoms with van der Waals surface area (Å²) in [6.45, 7) is 8.19. The molecule has 2 rings (SSSR count). The number of benzene rings is 1. The Morgan fingerprint density at radius 1 is 1.44 bits per heavy atom. The van der Waals surface area contributed by atoms with Crippen LogP contribution in [0.2, 0.25) is 0 Å². The highest BCUT2D eigenvalue weighted by Crippen LogP contribution is 2.30. The molecular weight excluding hydrogens is 297 g/mol. The zero-order valence-electron chi connectivity index (χ0n) is 10.8. The first-order valence-electron chi connectivity index (χ1n) is 6.26. The van der Waals surface area contributed by atoms with Crippen LogP contribution >= 0.6 is 15.9 Å². The Kier molecular flexibility index (Phi) is 4.12. The zero-order chi connectivity index (χ0) is 13.3. The van der Waals surface area contributed by atoms with Crippen molar-refractivity contribution >= 4 is 27.3 Å². The molecule has 1 unspecified atom stereocenters. The summed E-state index contributed by atoms with van der Waals surface area (Å²) in [7, 11) is 0. The van der Waals surface area contributed by atoms with Crippen LogP contribution in [0.4, 0.5) is 15.8 Å². The molecule has 0 spiro atoms. The molecule has 2 N–H and O–H groups in total. The Bertz CT molecular complexity index is 438. The summed E-state index contributed by atoms with van der Waals surface area (Å²) in [5, 5.41) is 0. The molecule has 18 heavy (non-hydrogen) atoms. The van der Waals surface area contributed by atoms with E-state index in [9.17, 15) is 4.39 Å². The van der Waals surface area contributed by atoms with Crippen molar-refractivity contribution < 1.29 is 4.39 Å². The number of hydrogen-bond acceptors (Lipinski definition) is 3. The summed E-state index contributed by atoms with van der Waals surface area (Å²) in [4.78, 5) is 4.59. The van der Waals surface area contributed by atoms with Crippen LogP contribution in [-0.2, 0) is 0 Å². The van der Waals surface area contributed by atoms with Crippen molar-refractivity contribution in [2.45, 2.75) is 19.9 Å². The summed E-state index contributed by atoms with van der Waals surface area (Å²) in [6.07, 6.45) is 0. The van der Waals surface area contributed by atoms with Gasteiger partial charge in [0, 0.05) is 31.7 Å². The van der Waals surface area contributed by atoms with Crippen LogP contribution in [0.25, 0.3) is 0 Å². The topological polar surface area (TPSA) is 32.5 Å². The molecular formula is C13H19BrFN3. The van der Waals surface area contributed by atoms with Crippen molar-refractivity contribution in [3.63, 3.8) is 0 Å². The average molecular weight is 316 g/mol. The van der Waals surface area contributed by atoms with E-state index in [1.165, 1.54) is 6.07 Å². The third kappa shape index (κ3) is 2.62. The van der Waals surface area contributed by atoms with E-state index in [2.05, 4.69) is 39.6 Å². The molecule has 3 nitrogen and oxygen atoms in total. The van der Waals surface area contributed by atoms with E-state index in [1.54, 1.807) is 6.07 Å². The molecule has 0 bridgehead atoms. The van der Waals surface area contributed by atoms with Crippen LogP contribution in [-0.4, -0.2) is 37.1 Å². The fourth-order valence-corrected chi connectivity index (χ4v) is 2.87. The summed E-state index contributed by atoms with van der Waals surface area (Å²) in [5.41, 5.74) is 7.41. The molecule has 1 fully saturated rings. The highest BCUT2D eigenvalue weighted by atomic mass is 79.9. The molecule has 0 radical (unpaired) electrons. The Labute approximate surface area is 116 Å². The maximum Gasteiger partial charge on any atom is 0.139 e. The summed E-state index contributed by atoms with van der Waals surface area (Å²) in [5.74, 6) is -0.259. The number of rotatable bonds is 2. The van der Waals surface area contributed by atoms with Gasteiger partial charge in [0.2, 0.25) is 0 Å². The molecule has 1 aliphatic heterocycles. The number of piperazine rings is 1. The van der Waals surface area contributed by atoms with Gasteiger partial charge in [0.15, 0.2) is 0 Å². The molecule has 1 aromatic rings. The second-order valence-corrected chi connectivity index (χ2v) is 5.60. The summed E-state index contributed by atoms with van der Waals surface area (Å²) < 4.78 is 14.0. The van der Waals surface area contributed by atoms with Gasteiger partial charge in [0.1, 0.15) is 5.82 Å². The van der Waals surface area contributed by atoms with Crippen LogP contribution in [0.1, 0.15) is 13.8 Å². The lowest BCUT2D eigenvalue weighted by Gasteiger charge is -2.40.